The van der Waals surface area contributed by atoms with Crippen molar-refractivity contribution < 1.29 is 14.4 Å². The Labute approximate surface area is 201 Å². The van der Waals surface area contributed by atoms with Gasteiger partial charge in [0.05, 0.1) is 11.3 Å². The van der Waals surface area contributed by atoms with E-state index < -0.39 is 5.25 Å². The highest BCUT2D eigenvalue weighted by Gasteiger charge is 2.32. The molecule has 4 aromatic carbocycles. The molecule has 0 heterocycles. The summed E-state index contributed by atoms with van der Waals surface area (Å²) >= 11 is 1.39. The molecule has 4 aromatic rings. The summed E-state index contributed by atoms with van der Waals surface area (Å²) in [5, 5.41) is 2.34. The first kappa shape index (κ1) is 21.7. The number of ketones is 2. The first-order valence-electron chi connectivity index (χ1n) is 10.7. The third-order valence-corrected chi connectivity index (χ3v) is 6.95. The number of nitrogen functional groups attached to an aromatic ring is 1. The zero-order valence-electron chi connectivity index (χ0n) is 18.0. The molecule has 6 heteroatoms. The predicted molar refractivity (Wildman–Crippen MR) is 134 cm³/mol. The number of amides is 1. The second kappa shape index (κ2) is 9.00. The fourth-order valence-electron chi connectivity index (χ4n) is 4.03. The van der Waals surface area contributed by atoms with Gasteiger partial charge in [0.2, 0.25) is 5.91 Å². The van der Waals surface area contributed by atoms with Crippen molar-refractivity contribution in [3.8, 4) is 0 Å². The van der Waals surface area contributed by atoms with Crippen molar-refractivity contribution in [3.05, 3.63) is 125 Å². The fourth-order valence-corrected chi connectivity index (χ4v) is 5.06. The van der Waals surface area contributed by atoms with Crippen LogP contribution in [0.5, 0.6) is 0 Å². The predicted octanol–water partition coefficient (Wildman–Crippen LogP) is 5.52. The number of nitrogens with two attached hydrogens (primary N) is 1. The Balaban J connectivity index is 1.51. The normalized spacial score (nSPS) is 13.1. The van der Waals surface area contributed by atoms with Gasteiger partial charge in [-0.1, -0.05) is 66.7 Å². The van der Waals surface area contributed by atoms with E-state index in [-0.39, 0.29) is 23.0 Å². The van der Waals surface area contributed by atoms with Crippen LogP contribution in [0.4, 0.5) is 11.4 Å². The summed E-state index contributed by atoms with van der Waals surface area (Å²) in [6, 6.07) is 28.5. The number of hydrogen-bond acceptors (Lipinski definition) is 5. The van der Waals surface area contributed by atoms with Crippen molar-refractivity contribution in [3.63, 3.8) is 0 Å². The highest BCUT2D eigenvalue weighted by Crippen LogP contribution is 2.38. The number of hydrogen-bond donors (Lipinski definition) is 2. The lowest BCUT2D eigenvalue weighted by atomic mass is 9.83. The summed E-state index contributed by atoms with van der Waals surface area (Å²) in [6.45, 7) is 0. The Kier molecular flexibility index (Phi) is 5.74. The maximum atomic E-state index is 13.6. The number of carbonyl (C=O) groups is 3. The molecule has 1 aliphatic rings. The van der Waals surface area contributed by atoms with Gasteiger partial charge in [-0.3, -0.25) is 14.4 Å². The minimum atomic E-state index is -0.581. The quantitative estimate of drug-likeness (QED) is 0.264. The molecule has 0 fully saturated rings. The van der Waals surface area contributed by atoms with Crippen LogP contribution in [0, 0.1) is 0 Å². The third-order valence-electron chi connectivity index (χ3n) is 5.68. The molecule has 0 saturated heterocycles. The lowest BCUT2D eigenvalue weighted by Gasteiger charge is -2.22. The third kappa shape index (κ3) is 4.00. The molecular weight excluding hydrogens is 444 g/mol. The number of fused-ring (bicyclic) bond motifs is 2. The summed E-state index contributed by atoms with van der Waals surface area (Å²) in [5.74, 6) is -0.791. The van der Waals surface area contributed by atoms with Crippen molar-refractivity contribution >= 4 is 40.6 Å². The molecule has 0 aliphatic heterocycles. The van der Waals surface area contributed by atoms with Crippen molar-refractivity contribution in [1.82, 2.24) is 0 Å². The highest BCUT2D eigenvalue weighted by molar-refractivity contribution is 8.00. The average Bonchev–Trinajstić information content (AvgIpc) is 2.87. The van der Waals surface area contributed by atoms with E-state index in [1.54, 1.807) is 54.6 Å². The number of benzene rings is 4. The average molecular weight is 465 g/mol. The molecule has 1 amide bonds. The molecule has 166 valence electrons. The van der Waals surface area contributed by atoms with E-state index in [0.29, 0.717) is 28.1 Å². The number of carbonyl (C=O) groups excluding carboxylic acids is 3. The summed E-state index contributed by atoms with van der Waals surface area (Å²) < 4.78 is 0. The smallest absolute Gasteiger partial charge is 0.242 e. The molecule has 1 atom stereocenters. The van der Waals surface area contributed by atoms with E-state index >= 15 is 0 Å². The van der Waals surface area contributed by atoms with Crippen LogP contribution in [0.15, 0.2) is 102 Å². The molecule has 1 aliphatic carbocycles. The number of nitrogens with one attached hydrogen (secondary N) is 1. The van der Waals surface area contributed by atoms with Gasteiger partial charge in [0, 0.05) is 27.3 Å². The van der Waals surface area contributed by atoms with Crippen LogP contribution in [-0.4, -0.2) is 17.5 Å². The van der Waals surface area contributed by atoms with Crippen molar-refractivity contribution in [2.24, 2.45) is 0 Å². The first-order valence-corrected chi connectivity index (χ1v) is 11.6. The molecule has 0 spiro atoms. The van der Waals surface area contributed by atoms with Crippen molar-refractivity contribution in [2.45, 2.75) is 10.1 Å². The molecule has 5 nitrogen and oxygen atoms in total. The van der Waals surface area contributed by atoms with Crippen LogP contribution in [0.25, 0.3) is 0 Å². The fraction of sp³-hybridized carbons (Fsp3) is 0.0357. The van der Waals surface area contributed by atoms with Crippen LogP contribution in [0.1, 0.15) is 42.7 Å². The van der Waals surface area contributed by atoms with Gasteiger partial charge in [-0.15, -0.1) is 11.8 Å². The maximum absolute atomic E-state index is 13.6. The molecule has 0 saturated carbocycles. The van der Waals surface area contributed by atoms with Crippen LogP contribution in [0.3, 0.4) is 0 Å². The molecule has 5 rings (SSSR count). The molecule has 0 bridgehead atoms. The van der Waals surface area contributed by atoms with Crippen LogP contribution in [0.2, 0.25) is 0 Å². The minimum Gasteiger partial charge on any atom is -0.399 e. The van der Waals surface area contributed by atoms with Crippen LogP contribution in [-0.2, 0) is 4.79 Å². The second-order valence-corrected chi connectivity index (χ2v) is 9.08. The second-order valence-electron chi connectivity index (χ2n) is 7.90. The molecule has 0 aromatic heterocycles. The van der Waals surface area contributed by atoms with Gasteiger partial charge in [-0.25, -0.2) is 0 Å². The minimum absolute atomic E-state index is 0.225. The molecule has 1 unspecified atom stereocenters. The Morgan fingerprint density at radius 3 is 2.03 bits per heavy atom. The van der Waals surface area contributed by atoms with Crippen LogP contribution >= 0.6 is 11.8 Å². The number of anilines is 2. The van der Waals surface area contributed by atoms with Gasteiger partial charge in [0.1, 0.15) is 5.25 Å². The van der Waals surface area contributed by atoms with Gasteiger partial charge in [-0.2, -0.15) is 0 Å². The van der Waals surface area contributed by atoms with Gasteiger partial charge < -0.3 is 11.1 Å². The standard InChI is InChI=1S/C28H20N2O3S/c29-18-13-15-19(16-14-18)34-27(17-7-2-1-3-8-17)28(33)30-23-12-6-11-22-24(23)26(32)21-10-5-4-9-20(21)25(22)31/h1-16,27H,29H2,(H,30,33). The molecular formula is C28H20N2O3S. The lowest BCUT2D eigenvalue weighted by molar-refractivity contribution is -0.115. The van der Waals surface area contributed by atoms with Crippen molar-refractivity contribution in [2.75, 3.05) is 11.1 Å². The maximum Gasteiger partial charge on any atom is 0.242 e. The van der Waals surface area contributed by atoms with Gasteiger partial charge in [0.25, 0.3) is 0 Å². The Hall–Kier alpha value is -4.16. The zero-order chi connectivity index (χ0) is 23.7. The summed E-state index contributed by atoms with van der Waals surface area (Å²) in [5.41, 5.74) is 8.84. The van der Waals surface area contributed by atoms with E-state index in [1.165, 1.54) is 11.8 Å². The van der Waals surface area contributed by atoms with E-state index in [9.17, 15) is 14.4 Å². The largest absolute Gasteiger partial charge is 0.399 e. The van der Waals surface area contributed by atoms with Gasteiger partial charge >= 0.3 is 0 Å². The zero-order valence-corrected chi connectivity index (χ0v) is 18.8. The van der Waals surface area contributed by atoms with E-state index in [1.807, 2.05) is 42.5 Å². The SMILES string of the molecule is Nc1ccc(SC(C(=O)Nc2cccc3c2C(=O)c2ccccc2C3=O)c2ccccc2)cc1. The molecule has 3 N–H and O–H groups in total. The van der Waals surface area contributed by atoms with Crippen LogP contribution < -0.4 is 11.1 Å². The van der Waals surface area contributed by atoms with E-state index in [0.717, 1.165) is 10.5 Å². The lowest BCUT2D eigenvalue weighted by Crippen LogP contribution is -2.25. The summed E-state index contributed by atoms with van der Waals surface area (Å²) in [7, 11) is 0. The monoisotopic (exact) mass is 464 g/mol. The highest BCUT2D eigenvalue weighted by atomic mass is 32.2. The molecule has 0 radical (unpaired) electrons. The van der Waals surface area contributed by atoms with Gasteiger partial charge in [-0.05, 0) is 35.9 Å². The van der Waals surface area contributed by atoms with E-state index in [2.05, 4.69) is 5.32 Å². The van der Waals surface area contributed by atoms with Crippen molar-refractivity contribution in [1.29, 1.82) is 0 Å². The summed E-state index contributed by atoms with van der Waals surface area (Å²) in [4.78, 5) is 40.8. The Morgan fingerprint density at radius 2 is 1.32 bits per heavy atom. The number of thioether (sulfide) groups is 1. The molecule has 34 heavy (non-hydrogen) atoms. The Morgan fingerprint density at radius 1 is 0.706 bits per heavy atom. The topological polar surface area (TPSA) is 89.3 Å². The van der Waals surface area contributed by atoms with E-state index in [4.69, 9.17) is 5.73 Å². The first-order chi connectivity index (χ1) is 16.5. The van der Waals surface area contributed by atoms with Gasteiger partial charge in [0.15, 0.2) is 11.6 Å². The summed E-state index contributed by atoms with van der Waals surface area (Å²) in [6.07, 6.45) is 0. The Bertz CT molecular complexity index is 1420. The number of rotatable bonds is 5.